The van der Waals surface area contributed by atoms with Gasteiger partial charge in [0.25, 0.3) is 11.8 Å². The number of hydrogen-bond donors (Lipinski definition) is 0. The summed E-state index contributed by atoms with van der Waals surface area (Å²) in [5, 5.41) is 0.669. The molecule has 4 rings (SSSR count). The molecule has 1 fully saturated rings. The van der Waals surface area contributed by atoms with Crippen LogP contribution in [-0.2, 0) is 27.4 Å². The summed E-state index contributed by atoms with van der Waals surface area (Å²) in [7, 11) is 4.67. The average molecular weight is 577 g/mol. The van der Waals surface area contributed by atoms with E-state index in [2.05, 4.69) is 55.9 Å². The van der Waals surface area contributed by atoms with Crippen LogP contribution in [0.1, 0.15) is 42.3 Å². The van der Waals surface area contributed by atoms with Crippen LogP contribution in [0.15, 0.2) is 48.7 Å². The zero-order valence-corrected chi connectivity index (χ0v) is 25.9. The first kappa shape index (κ1) is 33.9. The second-order valence-corrected chi connectivity index (χ2v) is 10.1. The summed E-state index contributed by atoms with van der Waals surface area (Å²) in [6.45, 7) is 11.0. The molecule has 0 N–H and O–H groups in total. The first-order valence-corrected chi connectivity index (χ1v) is 14.1. The number of amides is 2. The van der Waals surface area contributed by atoms with Gasteiger partial charge in [0.15, 0.2) is 6.61 Å². The van der Waals surface area contributed by atoms with E-state index in [-0.39, 0.29) is 31.0 Å². The Balaban J connectivity index is 0.00000148. The van der Waals surface area contributed by atoms with Gasteiger partial charge in [-0.25, -0.2) is 0 Å². The molecule has 226 valence electrons. The number of carbonyl (C=O) groups excluding carboxylic acids is 3. The molecule has 1 atom stereocenters. The fourth-order valence-electron chi connectivity index (χ4n) is 4.73. The third-order valence-corrected chi connectivity index (χ3v) is 6.97. The number of aryl methyl sites for hydroxylation is 1. The minimum atomic E-state index is -0.407. The number of rotatable bonds is 8. The maximum atomic E-state index is 13.8. The molecule has 2 amide bonds. The van der Waals surface area contributed by atoms with Gasteiger partial charge >= 0.3 is 5.97 Å². The fourth-order valence-corrected chi connectivity index (χ4v) is 4.73. The molecule has 0 unspecified atom stereocenters. The van der Waals surface area contributed by atoms with Crippen molar-refractivity contribution in [2.75, 3.05) is 47.4 Å². The quantitative estimate of drug-likeness (QED) is 0.295. The fraction of sp³-hybridized carbons (Fsp3) is 0.424. The lowest BCUT2D eigenvalue weighted by Crippen LogP contribution is -2.53. The summed E-state index contributed by atoms with van der Waals surface area (Å²) in [4.78, 5) is 43.6. The summed E-state index contributed by atoms with van der Waals surface area (Å²) in [5.41, 5.74) is 3.71. The second-order valence-electron chi connectivity index (χ2n) is 10.1. The summed E-state index contributed by atoms with van der Waals surface area (Å²) in [6.07, 6.45) is 9.71. The van der Waals surface area contributed by atoms with E-state index in [1.54, 1.807) is 43.1 Å². The first-order valence-electron chi connectivity index (χ1n) is 14.1. The Labute approximate surface area is 250 Å². The van der Waals surface area contributed by atoms with Gasteiger partial charge in [-0.3, -0.25) is 19.3 Å². The maximum Gasteiger partial charge on any atom is 0.325 e. The molecule has 0 spiro atoms. The monoisotopic (exact) mass is 576 g/mol. The van der Waals surface area contributed by atoms with Crippen LogP contribution in [0, 0.1) is 19.8 Å². The van der Waals surface area contributed by atoms with Gasteiger partial charge in [-0.15, -0.1) is 12.8 Å². The molecular formula is C33H44N4O5. The molecule has 0 saturated carbocycles. The van der Waals surface area contributed by atoms with Crippen molar-refractivity contribution in [3.05, 3.63) is 65.4 Å². The van der Waals surface area contributed by atoms with Crippen LogP contribution in [0.5, 0.6) is 5.75 Å². The molecular weight excluding hydrogens is 532 g/mol. The van der Waals surface area contributed by atoms with Gasteiger partial charge in [0.05, 0.1) is 12.7 Å². The van der Waals surface area contributed by atoms with E-state index in [4.69, 9.17) is 9.47 Å². The van der Waals surface area contributed by atoms with Crippen LogP contribution in [0.25, 0.3) is 10.9 Å². The van der Waals surface area contributed by atoms with Crippen molar-refractivity contribution in [1.29, 1.82) is 0 Å². The molecule has 2 heterocycles. The number of esters is 1. The Morgan fingerprint density at radius 1 is 1.02 bits per heavy atom. The predicted octanol–water partition coefficient (Wildman–Crippen LogP) is 4.21. The number of nitrogens with zero attached hydrogens (tertiary/aromatic N) is 4. The lowest BCUT2D eigenvalue weighted by Gasteiger charge is -2.40. The summed E-state index contributed by atoms with van der Waals surface area (Å²) < 4.78 is 12.3. The largest absolute Gasteiger partial charge is 0.484 e. The van der Waals surface area contributed by atoms with Gasteiger partial charge in [0.1, 0.15) is 12.3 Å². The number of likely N-dealkylation sites (N-methyl/N-ethyl adjacent to an activating group) is 1. The summed E-state index contributed by atoms with van der Waals surface area (Å²) in [5.74, 6) is -0.186. The number of hydrogen-bond acceptors (Lipinski definition) is 6. The number of piperazine rings is 1. The Kier molecular flexibility index (Phi) is 13.1. The van der Waals surface area contributed by atoms with Gasteiger partial charge < -0.3 is 23.8 Å². The van der Waals surface area contributed by atoms with E-state index in [0.717, 1.165) is 25.2 Å². The van der Waals surface area contributed by atoms with Crippen molar-refractivity contribution in [3.8, 4) is 18.6 Å². The minimum Gasteiger partial charge on any atom is -0.484 e. The zero-order chi connectivity index (χ0) is 31.4. The van der Waals surface area contributed by atoms with Crippen molar-refractivity contribution < 1.29 is 23.9 Å². The van der Waals surface area contributed by atoms with Crippen LogP contribution in [-0.4, -0.2) is 90.5 Å². The van der Waals surface area contributed by atoms with E-state index in [1.165, 1.54) is 23.1 Å². The second kappa shape index (κ2) is 16.2. The van der Waals surface area contributed by atoms with Gasteiger partial charge in [-0.1, -0.05) is 43.7 Å². The highest BCUT2D eigenvalue weighted by molar-refractivity contribution is 6.07. The zero-order valence-electron chi connectivity index (χ0n) is 25.9. The predicted molar refractivity (Wildman–Crippen MR) is 166 cm³/mol. The molecule has 1 aromatic heterocycles. The number of methoxy groups -OCH3 is 1. The lowest BCUT2D eigenvalue weighted by molar-refractivity contribution is -0.141. The molecule has 42 heavy (non-hydrogen) atoms. The Hall–Kier alpha value is -4.29. The Bertz CT molecular complexity index is 1360. The topological polar surface area (TPSA) is 84.3 Å². The van der Waals surface area contributed by atoms with Crippen LogP contribution >= 0.6 is 0 Å². The van der Waals surface area contributed by atoms with E-state index in [9.17, 15) is 14.4 Å². The normalized spacial score (nSPS) is 14.6. The minimum absolute atomic E-state index is 0.0119. The van der Waals surface area contributed by atoms with Crippen molar-refractivity contribution in [2.45, 2.75) is 46.8 Å². The van der Waals surface area contributed by atoms with E-state index >= 15 is 0 Å². The van der Waals surface area contributed by atoms with Gasteiger partial charge in [0.2, 0.25) is 0 Å². The molecule has 1 saturated heterocycles. The van der Waals surface area contributed by atoms with E-state index in [1.807, 2.05) is 18.7 Å². The summed E-state index contributed by atoms with van der Waals surface area (Å²) in [6, 6.07) is 13.9. The smallest absolute Gasteiger partial charge is 0.325 e. The highest BCUT2D eigenvalue weighted by Crippen LogP contribution is 2.29. The van der Waals surface area contributed by atoms with Crippen molar-refractivity contribution in [3.63, 3.8) is 0 Å². The summed E-state index contributed by atoms with van der Waals surface area (Å²) >= 11 is 0. The number of aromatic nitrogens is 1. The van der Waals surface area contributed by atoms with Gasteiger partial charge in [0, 0.05) is 63.4 Å². The standard InChI is InChI=1S/C29H36N4O5.C2H6.C2H2/c1-20-6-8-22(9-7-20)16-31-12-13-33(21(2)15-31)29(36)25-17-32(18-28(35)37-5)26-11-10-23(14-24(25)26)38-19-27(34)30(3)4;2*1-2/h6-11,14,17,21H,12-13,15-16,18-19H2,1-5H3;1-2H3;1-2H/t21-;;/m1../s1. The molecule has 9 heteroatoms. The molecule has 1 aliphatic heterocycles. The van der Waals surface area contributed by atoms with Gasteiger partial charge in [-0.05, 0) is 37.6 Å². The number of ether oxygens (including phenoxy) is 2. The van der Waals surface area contributed by atoms with Crippen LogP contribution in [0.4, 0.5) is 0 Å². The molecule has 3 aromatic rings. The third-order valence-electron chi connectivity index (χ3n) is 6.97. The molecule has 1 aliphatic rings. The van der Waals surface area contributed by atoms with Crippen LogP contribution in [0.2, 0.25) is 0 Å². The average Bonchev–Trinajstić information content (AvgIpc) is 3.36. The highest BCUT2D eigenvalue weighted by atomic mass is 16.5. The molecule has 0 radical (unpaired) electrons. The molecule has 9 nitrogen and oxygen atoms in total. The molecule has 0 aliphatic carbocycles. The molecule has 2 aromatic carbocycles. The third kappa shape index (κ3) is 8.60. The van der Waals surface area contributed by atoms with Crippen molar-refractivity contribution >= 4 is 28.7 Å². The van der Waals surface area contributed by atoms with Crippen LogP contribution < -0.4 is 4.74 Å². The Morgan fingerprint density at radius 3 is 2.29 bits per heavy atom. The van der Waals surface area contributed by atoms with Crippen LogP contribution in [0.3, 0.4) is 0 Å². The SMILES string of the molecule is C#C.CC.COC(=O)Cn1cc(C(=O)N2CCN(Cc3ccc(C)cc3)C[C@H]2C)c2cc(OCC(=O)N(C)C)ccc21. The van der Waals surface area contributed by atoms with Gasteiger partial charge in [-0.2, -0.15) is 0 Å². The first-order chi connectivity index (χ1) is 20.2. The van der Waals surface area contributed by atoms with E-state index < -0.39 is 5.97 Å². The highest BCUT2D eigenvalue weighted by Gasteiger charge is 2.30. The van der Waals surface area contributed by atoms with Crippen molar-refractivity contribution in [2.24, 2.45) is 0 Å². The Morgan fingerprint density at radius 2 is 1.69 bits per heavy atom. The number of fused-ring (bicyclic) bond motifs is 1. The molecule has 0 bridgehead atoms. The van der Waals surface area contributed by atoms with E-state index in [0.29, 0.717) is 23.2 Å². The maximum absolute atomic E-state index is 13.8. The number of benzene rings is 2. The lowest BCUT2D eigenvalue weighted by atomic mass is 10.1. The van der Waals surface area contributed by atoms with Crippen molar-refractivity contribution in [1.82, 2.24) is 19.3 Å². The number of terminal acetylenes is 1. The number of carbonyl (C=O) groups is 3.